The maximum Gasteiger partial charge on any atom is 0.264 e. The van der Waals surface area contributed by atoms with E-state index in [2.05, 4.69) is 4.72 Å². The number of rotatable bonds is 3. The largest absolute Gasteiger partial charge is 0.398 e. The molecule has 0 aliphatic heterocycles. The molecule has 2 rings (SSSR count). The lowest BCUT2D eigenvalue weighted by atomic mass is 10.1. The van der Waals surface area contributed by atoms with Crippen LogP contribution < -0.4 is 10.5 Å². The van der Waals surface area contributed by atoms with E-state index in [-0.39, 0.29) is 21.3 Å². The Morgan fingerprint density at radius 1 is 1.19 bits per heavy atom. The number of aryl methyl sites for hydroxylation is 1. The van der Waals surface area contributed by atoms with Crippen LogP contribution in [0.5, 0.6) is 0 Å². The van der Waals surface area contributed by atoms with E-state index < -0.39 is 15.8 Å². The molecule has 0 aliphatic carbocycles. The second-order valence-electron chi connectivity index (χ2n) is 4.66. The van der Waals surface area contributed by atoms with Gasteiger partial charge in [0.1, 0.15) is 10.7 Å². The summed E-state index contributed by atoms with van der Waals surface area (Å²) in [6, 6.07) is 6.69. The van der Waals surface area contributed by atoms with E-state index in [1.807, 2.05) is 0 Å². The van der Waals surface area contributed by atoms with Gasteiger partial charge in [-0.2, -0.15) is 0 Å². The van der Waals surface area contributed by atoms with Crippen LogP contribution in [-0.2, 0) is 10.0 Å². The third kappa shape index (κ3) is 3.11. The lowest BCUT2D eigenvalue weighted by Crippen LogP contribution is -2.17. The number of nitrogens with one attached hydrogen (secondary N) is 1. The normalized spacial score (nSPS) is 11.4. The van der Waals surface area contributed by atoms with Gasteiger partial charge in [-0.1, -0.05) is 17.7 Å². The molecule has 21 heavy (non-hydrogen) atoms. The zero-order valence-corrected chi connectivity index (χ0v) is 13.0. The van der Waals surface area contributed by atoms with E-state index in [0.717, 1.165) is 17.7 Å². The molecule has 0 fully saturated rings. The van der Waals surface area contributed by atoms with Gasteiger partial charge < -0.3 is 5.73 Å². The zero-order valence-electron chi connectivity index (χ0n) is 11.4. The van der Waals surface area contributed by atoms with E-state index in [0.29, 0.717) is 5.56 Å². The molecule has 0 saturated heterocycles. The summed E-state index contributed by atoms with van der Waals surface area (Å²) in [5.41, 5.74) is 7.19. The van der Waals surface area contributed by atoms with Gasteiger partial charge in [0.25, 0.3) is 10.0 Å². The average molecular weight is 329 g/mol. The predicted octanol–water partition coefficient (Wildman–Crippen LogP) is 3.48. The minimum Gasteiger partial charge on any atom is -0.398 e. The van der Waals surface area contributed by atoms with E-state index in [9.17, 15) is 12.8 Å². The van der Waals surface area contributed by atoms with Crippen molar-refractivity contribution in [2.75, 3.05) is 10.5 Å². The summed E-state index contributed by atoms with van der Waals surface area (Å²) < 4.78 is 40.5. The fourth-order valence-corrected chi connectivity index (χ4v) is 3.66. The van der Waals surface area contributed by atoms with Crippen LogP contribution in [0.1, 0.15) is 11.1 Å². The Labute approximate surface area is 127 Å². The molecule has 2 aromatic rings. The van der Waals surface area contributed by atoms with Gasteiger partial charge >= 0.3 is 0 Å². The molecule has 0 unspecified atom stereocenters. The number of halogens is 2. The quantitative estimate of drug-likeness (QED) is 0.847. The summed E-state index contributed by atoms with van der Waals surface area (Å²) in [4.78, 5) is -0.0252. The topological polar surface area (TPSA) is 72.2 Å². The maximum absolute atomic E-state index is 13.2. The van der Waals surface area contributed by atoms with Gasteiger partial charge in [0.2, 0.25) is 0 Å². The molecular weight excluding hydrogens is 315 g/mol. The summed E-state index contributed by atoms with van der Waals surface area (Å²) >= 11 is 5.88. The SMILES string of the molecule is Cc1ccc(N)c(S(=O)(=O)Nc2cc(F)ccc2Cl)c1C. The number of anilines is 2. The monoisotopic (exact) mass is 328 g/mol. The van der Waals surface area contributed by atoms with Crippen molar-refractivity contribution in [2.24, 2.45) is 0 Å². The average Bonchev–Trinajstić information content (AvgIpc) is 2.38. The molecule has 2 aromatic carbocycles. The van der Waals surface area contributed by atoms with E-state index >= 15 is 0 Å². The third-order valence-electron chi connectivity index (χ3n) is 3.15. The molecule has 0 atom stereocenters. The third-order valence-corrected chi connectivity index (χ3v) is 5.05. The standard InChI is InChI=1S/C14H14ClFN2O2S/c1-8-3-6-12(17)14(9(8)2)21(19,20)18-13-7-10(16)4-5-11(13)15/h3-7,18H,17H2,1-2H3. The van der Waals surface area contributed by atoms with Crippen LogP contribution in [0.15, 0.2) is 35.2 Å². The molecule has 3 N–H and O–H groups in total. The molecule has 0 aromatic heterocycles. The Morgan fingerprint density at radius 3 is 2.52 bits per heavy atom. The van der Waals surface area contributed by atoms with Crippen molar-refractivity contribution in [1.29, 1.82) is 0 Å². The number of hydrogen-bond donors (Lipinski definition) is 2. The summed E-state index contributed by atoms with van der Waals surface area (Å²) in [7, 11) is -3.96. The van der Waals surface area contributed by atoms with Crippen LogP contribution >= 0.6 is 11.6 Å². The highest BCUT2D eigenvalue weighted by molar-refractivity contribution is 7.93. The predicted molar refractivity (Wildman–Crippen MR) is 82.5 cm³/mol. The van der Waals surface area contributed by atoms with Gasteiger partial charge in [-0.25, -0.2) is 12.8 Å². The first-order valence-corrected chi connectivity index (χ1v) is 7.92. The summed E-state index contributed by atoms with van der Waals surface area (Å²) in [6.45, 7) is 3.44. The van der Waals surface area contributed by atoms with Crippen LogP contribution in [-0.4, -0.2) is 8.42 Å². The van der Waals surface area contributed by atoms with Crippen LogP contribution in [0.4, 0.5) is 15.8 Å². The van der Waals surface area contributed by atoms with Crippen LogP contribution in [0.25, 0.3) is 0 Å². The van der Waals surface area contributed by atoms with Crippen LogP contribution in [0.2, 0.25) is 5.02 Å². The molecule has 7 heteroatoms. The van der Waals surface area contributed by atoms with Crippen molar-refractivity contribution in [1.82, 2.24) is 0 Å². The van der Waals surface area contributed by atoms with E-state index in [1.54, 1.807) is 19.9 Å². The van der Waals surface area contributed by atoms with E-state index in [1.165, 1.54) is 12.1 Å². The van der Waals surface area contributed by atoms with Gasteiger partial charge in [-0.3, -0.25) is 4.72 Å². The number of hydrogen-bond acceptors (Lipinski definition) is 3. The smallest absolute Gasteiger partial charge is 0.264 e. The second kappa shape index (κ2) is 5.54. The molecule has 0 bridgehead atoms. The summed E-state index contributed by atoms with van der Waals surface area (Å²) in [5.74, 6) is -0.592. The molecule has 0 heterocycles. The first-order chi connectivity index (χ1) is 9.72. The fourth-order valence-electron chi connectivity index (χ4n) is 1.94. The Hall–Kier alpha value is -1.79. The van der Waals surface area contributed by atoms with Crippen molar-refractivity contribution in [2.45, 2.75) is 18.7 Å². The molecule has 0 spiro atoms. The Bertz CT molecular complexity index is 807. The molecule has 112 valence electrons. The van der Waals surface area contributed by atoms with Crippen molar-refractivity contribution < 1.29 is 12.8 Å². The van der Waals surface area contributed by atoms with Crippen molar-refractivity contribution in [3.8, 4) is 0 Å². The van der Waals surface area contributed by atoms with E-state index in [4.69, 9.17) is 17.3 Å². The van der Waals surface area contributed by atoms with Crippen LogP contribution in [0, 0.1) is 19.7 Å². The summed E-state index contributed by atoms with van der Waals surface area (Å²) in [6.07, 6.45) is 0. The summed E-state index contributed by atoms with van der Waals surface area (Å²) in [5, 5.41) is 0.101. The number of sulfonamides is 1. The molecule has 0 aliphatic rings. The minimum absolute atomic E-state index is 0.0252. The highest BCUT2D eigenvalue weighted by Gasteiger charge is 2.22. The van der Waals surface area contributed by atoms with Gasteiger partial charge in [0.15, 0.2) is 0 Å². The Kier molecular flexibility index (Phi) is 4.11. The molecule has 0 amide bonds. The highest BCUT2D eigenvalue weighted by atomic mass is 35.5. The maximum atomic E-state index is 13.2. The molecule has 0 saturated carbocycles. The first-order valence-electron chi connectivity index (χ1n) is 6.06. The number of nitrogen functional groups attached to an aromatic ring is 1. The lowest BCUT2D eigenvalue weighted by molar-refractivity contribution is 0.600. The lowest BCUT2D eigenvalue weighted by Gasteiger charge is -2.15. The minimum atomic E-state index is -3.96. The highest BCUT2D eigenvalue weighted by Crippen LogP contribution is 2.30. The fraction of sp³-hybridized carbons (Fsp3) is 0.143. The van der Waals surface area contributed by atoms with Gasteiger partial charge in [-0.05, 0) is 49.2 Å². The van der Waals surface area contributed by atoms with Gasteiger partial charge in [0, 0.05) is 0 Å². The number of nitrogens with two attached hydrogens (primary N) is 1. The van der Waals surface area contributed by atoms with Crippen molar-refractivity contribution >= 4 is 33.0 Å². The van der Waals surface area contributed by atoms with Gasteiger partial charge in [-0.15, -0.1) is 0 Å². The van der Waals surface area contributed by atoms with Crippen molar-refractivity contribution in [3.63, 3.8) is 0 Å². The zero-order chi connectivity index (χ0) is 15.8. The Balaban J connectivity index is 2.54. The second-order valence-corrected chi connectivity index (χ2v) is 6.68. The molecule has 4 nitrogen and oxygen atoms in total. The Morgan fingerprint density at radius 2 is 1.86 bits per heavy atom. The number of benzene rings is 2. The van der Waals surface area contributed by atoms with Crippen LogP contribution in [0.3, 0.4) is 0 Å². The molecule has 0 radical (unpaired) electrons. The van der Waals surface area contributed by atoms with Crippen molar-refractivity contribution in [3.05, 3.63) is 52.3 Å². The van der Waals surface area contributed by atoms with Gasteiger partial charge in [0.05, 0.1) is 16.4 Å². The molecular formula is C14H14ClFN2O2S. The first kappa shape index (κ1) is 15.6.